The zero-order valence-corrected chi connectivity index (χ0v) is 15.2. The van der Waals surface area contributed by atoms with Crippen molar-refractivity contribution in [1.82, 2.24) is 4.98 Å². The molecule has 2 aromatic carbocycles. The van der Waals surface area contributed by atoms with Crippen LogP contribution in [0, 0.1) is 27.7 Å². The first kappa shape index (κ1) is 17.6. The van der Waals surface area contributed by atoms with Gasteiger partial charge in [0, 0.05) is 27.5 Å². The van der Waals surface area contributed by atoms with Crippen LogP contribution in [0.2, 0.25) is 5.02 Å². The molecule has 1 aromatic heterocycles. The molecule has 0 saturated heterocycles. The lowest BCUT2D eigenvalue weighted by atomic mass is 10.0. The third kappa shape index (κ3) is 3.60. The van der Waals surface area contributed by atoms with Crippen LogP contribution in [0.5, 0.6) is 0 Å². The molecule has 0 unspecified atom stereocenters. The molecule has 0 aliphatic carbocycles. The Morgan fingerprint density at radius 3 is 2.35 bits per heavy atom. The van der Waals surface area contributed by atoms with Gasteiger partial charge in [-0.2, -0.15) is 0 Å². The molecule has 0 spiro atoms. The van der Waals surface area contributed by atoms with Crippen molar-refractivity contribution >= 4 is 33.9 Å². The van der Waals surface area contributed by atoms with Crippen molar-refractivity contribution in [2.45, 2.75) is 27.7 Å². The van der Waals surface area contributed by atoms with E-state index in [2.05, 4.69) is 42.3 Å². The fraction of sp³-hybridized carbons (Fsp3) is 0.211. The van der Waals surface area contributed by atoms with Crippen LogP contribution in [0.25, 0.3) is 10.9 Å². The first-order valence-corrected chi connectivity index (χ1v) is 7.73. The van der Waals surface area contributed by atoms with E-state index in [0.717, 1.165) is 38.6 Å². The van der Waals surface area contributed by atoms with Gasteiger partial charge in [-0.25, -0.2) is 0 Å². The molecule has 0 fully saturated rings. The molecule has 3 rings (SSSR count). The molecule has 120 valence electrons. The fourth-order valence-corrected chi connectivity index (χ4v) is 2.92. The van der Waals surface area contributed by atoms with Gasteiger partial charge in [0.15, 0.2) is 0 Å². The lowest BCUT2D eigenvalue weighted by Crippen LogP contribution is -3.00. The van der Waals surface area contributed by atoms with Crippen molar-refractivity contribution in [2.24, 2.45) is 0 Å². The summed E-state index contributed by atoms with van der Waals surface area (Å²) in [5.74, 6) is 0. The number of rotatable bonds is 2. The number of anilines is 2. The summed E-state index contributed by atoms with van der Waals surface area (Å²) >= 11 is 6.23. The monoisotopic (exact) mass is 345 g/mol. The van der Waals surface area contributed by atoms with Crippen LogP contribution in [-0.4, -0.2) is 4.98 Å². The van der Waals surface area contributed by atoms with E-state index in [4.69, 9.17) is 11.6 Å². The standard InChI is InChI=1S/C19H19ClN2.ClH/c1-11-7-13(3)19-16(8-11)18(9-14(4)21-19)22-15-6-5-12(2)17(20)10-15;/h5-10H,1-4H3,(H,21,22);1H/p-1. The van der Waals surface area contributed by atoms with Crippen molar-refractivity contribution in [3.8, 4) is 0 Å². The SMILES string of the molecule is Cc1cc(C)c2nc(C)cc(Nc3ccc(C)c(Cl)c3)c2c1.[Cl-]. The van der Waals surface area contributed by atoms with Crippen molar-refractivity contribution in [3.05, 3.63) is 63.8 Å². The van der Waals surface area contributed by atoms with Gasteiger partial charge >= 0.3 is 0 Å². The Bertz CT molecular complexity index is 873. The second-order valence-corrected chi connectivity index (χ2v) is 6.29. The first-order chi connectivity index (χ1) is 10.4. The summed E-state index contributed by atoms with van der Waals surface area (Å²) in [6.07, 6.45) is 0. The topological polar surface area (TPSA) is 24.9 Å². The van der Waals surface area contributed by atoms with E-state index in [0.29, 0.717) is 0 Å². The Balaban J connectivity index is 0.00000192. The van der Waals surface area contributed by atoms with Crippen LogP contribution >= 0.6 is 11.6 Å². The van der Waals surface area contributed by atoms with E-state index in [1.54, 1.807) is 0 Å². The quantitative estimate of drug-likeness (QED) is 0.772. The highest BCUT2D eigenvalue weighted by Crippen LogP contribution is 2.30. The molecule has 0 amide bonds. The van der Waals surface area contributed by atoms with E-state index in [1.165, 1.54) is 11.1 Å². The minimum atomic E-state index is 0. The van der Waals surface area contributed by atoms with E-state index in [9.17, 15) is 0 Å². The van der Waals surface area contributed by atoms with Gasteiger partial charge in [0.25, 0.3) is 0 Å². The molecule has 1 heterocycles. The lowest BCUT2D eigenvalue weighted by molar-refractivity contribution is -0.00000465. The van der Waals surface area contributed by atoms with E-state index in [-0.39, 0.29) is 12.4 Å². The summed E-state index contributed by atoms with van der Waals surface area (Å²) in [5.41, 5.74) is 7.61. The van der Waals surface area contributed by atoms with Crippen LogP contribution in [0.3, 0.4) is 0 Å². The number of benzene rings is 2. The van der Waals surface area contributed by atoms with E-state index in [1.807, 2.05) is 32.0 Å². The number of aryl methyl sites for hydroxylation is 4. The Labute approximate surface area is 148 Å². The van der Waals surface area contributed by atoms with E-state index >= 15 is 0 Å². The Morgan fingerprint density at radius 2 is 1.65 bits per heavy atom. The summed E-state index contributed by atoms with van der Waals surface area (Å²) in [6.45, 7) is 8.24. The Kier molecular flexibility index (Phi) is 5.18. The number of fused-ring (bicyclic) bond motifs is 1. The summed E-state index contributed by atoms with van der Waals surface area (Å²) < 4.78 is 0. The summed E-state index contributed by atoms with van der Waals surface area (Å²) in [4.78, 5) is 4.68. The van der Waals surface area contributed by atoms with Crippen LogP contribution in [-0.2, 0) is 0 Å². The maximum Gasteiger partial charge on any atom is 0.0755 e. The first-order valence-electron chi connectivity index (χ1n) is 7.36. The minimum Gasteiger partial charge on any atom is -1.00 e. The highest BCUT2D eigenvalue weighted by atomic mass is 35.5. The second-order valence-electron chi connectivity index (χ2n) is 5.88. The molecule has 1 N–H and O–H groups in total. The van der Waals surface area contributed by atoms with Crippen molar-refractivity contribution in [2.75, 3.05) is 5.32 Å². The van der Waals surface area contributed by atoms with Gasteiger partial charge in [-0.3, -0.25) is 4.98 Å². The number of nitrogens with zero attached hydrogens (tertiary/aromatic N) is 1. The van der Waals surface area contributed by atoms with Crippen molar-refractivity contribution < 1.29 is 12.4 Å². The average molecular weight is 346 g/mol. The second kappa shape index (κ2) is 6.77. The van der Waals surface area contributed by atoms with Gasteiger partial charge < -0.3 is 17.7 Å². The van der Waals surface area contributed by atoms with Crippen molar-refractivity contribution in [1.29, 1.82) is 0 Å². The van der Waals surface area contributed by atoms with Gasteiger partial charge in [0.2, 0.25) is 0 Å². The Hall–Kier alpha value is -1.77. The number of halogens is 2. The maximum absolute atomic E-state index is 6.23. The number of aromatic nitrogens is 1. The van der Waals surface area contributed by atoms with Gasteiger partial charge in [-0.15, -0.1) is 0 Å². The third-order valence-corrected chi connectivity index (χ3v) is 4.23. The molecule has 23 heavy (non-hydrogen) atoms. The molecule has 0 radical (unpaired) electrons. The molecular weight excluding hydrogens is 327 g/mol. The summed E-state index contributed by atoms with van der Waals surface area (Å²) in [6, 6.07) is 12.5. The smallest absolute Gasteiger partial charge is 0.0755 e. The van der Waals surface area contributed by atoms with Gasteiger partial charge in [0.05, 0.1) is 5.52 Å². The van der Waals surface area contributed by atoms with Gasteiger partial charge in [-0.05, 0) is 63.1 Å². The molecule has 0 aliphatic rings. The van der Waals surface area contributed by atoms with Crippen LogP contribution in [0.1, 0.15) is 22.4 Å². The molecule has 2 nitrogen and oxygen atoms in total. The Morgan fingerprint density at radius 1 is 0.913 bits per heavy atom. The average Bonchev–Trinajstić information content (AvgIpc) is 2.44. The van der Waals surface area contributed by atoms with Gasteiger partial charge in [-0.1, -0.05) is 29.3 Å². The molecule has 0 atom stereocenters. The largest absolute Gasteiger partial charge is 1.00 e. The van der Waals surface area contributed by atoms with Crippen LogP contribution < -0.4 is 17.7 Å². The molecule has 0 aliphatic heterocycles. The minimum absolute atomic E-state index is 0. The summed E-state index contributed by atoms with van der Waals surface area (Å²) in [7, 11) is 0. The highest BCUT2D eigenvalue weighted by molar-refractivity contribution is 6.31. The molecular formula is C19H19Cl2N2-. The van der Waals surface area contributed by atoms with E-state index < -0.39 is 0 Å². The molecule has 3 aromatic rings. The zero-order chi connectivity index (χ0) is 15.9. The zero-order valence-electron chi connectivity index (χ0n) is 13.7. The number of hydrogen-bond acceptors (Lipinski definition) is 2. The fourth-order valence-electron chi connectivity index (χ4n) is 2.74. The van der Waals surface area contributed by atoms with Crippen molar-refractivity contribution in [3.63, 3.8) is 0 Å². The van der Waals surface area contributed by atoms with Crippen LogP contribution in [0.15, 0.2) is 36.4 Å². The number of hydrogen-bond donors (Lipinski definition) is 1. The van der Waals surface area contributed by atoms with Crippen LogP contribution in [0.4, 0.5) is 11.4 Å². The normalized spacial score (nSPS) is 10.5. The third-order valence-electron chi connectivity index (χ3n) is 3.83. The van der Waals surface area contributed by atoms with Gasteiger partial charge in [0.1, 0.15) is 0 Å². The predicted molar refractivity (Wildman–Crippen MR) is 95.4 cm³/mol. The summed E-state index contributed by atoms with van der Waals surface area (Å²) in [5, 5.41) is 5.40. The highest BCUT2D eigenvalue weighted by Gasteiger charge is 2.08. The molecule has 0 bridgehead atoms. The number of pyridine rings is 1. The predicted octanol–water partition coefficient (Wildman–Crippen LogP) is 2.87. The lowest BCUT2D eigenvalue weighted by Gasteiger charge is -2.13. The molecule has 0 saturated carbocycles. The number of nitrogens with one attached hydrogen (secondary N) is 1. The molecule has 4 heteroatoms. The maximum atomic E-state index is 6.23.